The molecular formula is C15H20N2S. The van der Waals surface area contributed by atoms with Gasteiger partial charge in [0.25, 0.3) is 0 Å². The van der Waals surface area contributed by atoms with Gasteiger partial charge in [0, 0.05) is 18.3 Å². The third-order valence-corrected chi connectivity index (χ3v) is 3.58. The average molecular weight is 260 g/mol. The van der Waals surface area contributed by atoms with E-state index in [-0.39, 0.29) is 0 Å². The summed E-state index contributed by atoms with van der Waals surface area (Å²) in [5.41, 5.74) is 3.86. The van der Waals surface area contributed by atoms with Gasteiger partial charge in [-0.1, -0.05) is 12.1 Å². The molecule has 0 saturated carbocycles. The second-order valence-electron chi connectivity index (χ2n) is 4.86. The molecule has 0 radical (unpaired) electrons. The summed E-state index contributed by atoms with van der Waals surface area (Å²) in [6.45, 7) is 3.18. The first-order valence-corrected chi connectivity index (χ1v) is 7.12. The van der Waals surface area contributed by atoms with E-state index in [0.29, 0.717) is 6.04 Å². The zero-order valence-electron chi connectivity index (χ0n) is 11.2. The summed E-state index contributed by atoms with van der Waals surface area (Å²) in [6, 6.07) is 11.2. The fourth-order valence-corrected chi connectivity index (χ4v) is 2.68. The molecule has 18 heavy (non-hydrogen) atoms. The lowest BCUT2D eigenvalue weighted by Gasteiger charge is -2.15. The van der Waals surface area contributed by atoms with Crippen molar-refractivity contribution in [3.05, 3.63) is 52.2 Å². The van der Waals surface area contributed by atoms with E-state index in [1.54, 1.807) is 11.3 Å². The van der Waals surface area contributed by atoms with Gasteiger partial charge in [-0.3, -0.25) is 0 Å². The molecule has 2 nitrogen and oxygen atoms in total. The average Bonchev–Trinajstić information content (AvgIpc) is 2.84. The molecule has 0 aliphatic heterocycles. The Hall–Kier alpha value is -1.32. The van der Waals surface area contributed by atoms with E-state index in [1.165, 1.54) is 16.8 Å². The molecule has 0 aliphatic rings. The smallest absolute Gasteiger partial charge is 0.0493 e. The molecule has 2 aromatic rings. The maximum atomic E-state index is 3.52. The SMILES string of the molecule is CC(Nc1ccc(CN(C)C)cc1)c1ccsc1. The van der Waals surface area contributed by atoms with Gasteiger partial charge in [0.1, 0.15) is 0 Å². The van der Waals surface area contributed by atoms with Crippen molar-refractivity contribution in [1.29, 1.82) is 0 Å². The van der Waals surface area contributed by atoms with Crippen LogP contribution >= 0.6 is 11.3 Å². The van der Waals surface area contributed by atoms with Crippen LogP contribution in [0, 0.1) is 0 Å². The highest BCUT2D eigenvalue weighted by Gasteiger charge is 2.05. The molecule has 1 N–H and O–H groups in total. The minimum absolute atomic E-state index is 0.357. The molecule has 0 bridgehead atoms. The van der Waals surface area contributed by atoms with Crippen LogP contribution in [-0.2, 0) is 6.54 Å². The van der Waals surface area contributed by atoms with Gasteiger partial charge in [0.15, 0.2) is 0 Å². The molecular weight excluding hydrogens is 240 g/mol. The lowest BCUT2D eigenvalue weighted by Crippen LogP contribution is -2.10. The molecule has 1 atom stereocenters. The van der Waals surface area contributed by atoms with Crippen LogP contribution < -0.4 is 5.32 Å². The second kappa shape index (κ2) is 6.03. The standard InChI is InChI=1S/C15H20N2S/c1-12(14-8-9-18-11-14)16-15-6-4-13(5-7-15)10-17(2)3/h4-9,11-12,16H,10H2,1-3H3. The summed E-state index contributed by atoms with van der Waals surface area (Å²) >= 11 is 1.74. The van der Waals surface area contributed by atoms with Crippen molar-refractivity contribution in [3.63, 3.8) is 0 Å². The Morgan fingerprint density at radius 1 is 1.17 bits per heavy atom. The molecule has 0 amide bonds. The number of hydrogen-bond donors (Lipinski definition) is 1. The third kappa shape index (κ3) is 3.59. The quantitative estimate of drug-likeness (QED) is 0.874. The molecule has 0 spiro atoms. The maximum Gasteiger partial charge on any atom is 0.0493 e. The van der Waals surface area contributed by atoms with Gasteiger partial charge in [0.05, 0.1) is 0 Å². The van der Waals surface area contributed by atoms with Crippen molar-refractivity contribution in [1.82, 2.24) is 4.90 Å². The van der Waals surface area contributed by atoms with Crippen molar-refractivity contribution in [2.75, 3.05) is 19.4 Å². The van der Waals surface area contributed by atoms with E-state index >= 15 is 0 Å². The Balaban J connectivity index is 1.98. The van der Waals surface area contributed by atoms with Crippen molar-refractivity contribution < 1.29 is 0 Å². The maximum absolute atomic E-state index is 3.52. The van der Waals surface area contributed by atoms with E-state index in [2.05, 4.69) is 72.3 Å². The van der Waals surface area contributed by atoms with Crippen LogP contribution in [0.4, 0.5) is 5.69 Å². The summed E-state index contributed by atoms with van der Waals surface area (Å²) < 4.78 is 0. The summed E-state index contributed by atoms with van der Waals surface area (Å²) in [6.07, 6.45) is 0. The molecule has 96 valence electrons. The highest BCUT2D eigenvalue weighted by atomic mass is 32.1. The topological polar surface area (TPSA) is 15.3 Å². The monoisotopic (exact) mass is 260 g/mol. The van der Waals surface area contributed by atoms with Gasteiger partial charge in [0.2, 0.25) is 0 Å². The molecule has 1 aromatic carbocycles. The highest BCUT2D eigenvalue weighted by Crippen LogP contribution is 2.21. The van der Waals surface area contributed by atoms with Crippen LogP contribution in [-0.4, -0.2) is 19.0 Å². The summed E-state index contributed by atoms with van der Waals surface area (Å²) in [4.78, 5) is 2.18. The Bertz CT molecular complexity index is 460. The molecule has 1 aromatic heterocycles. The van der Waals surface area contributed by atoms with E-state index < -0.39 is 0 Å². The van der Waals surface area contributed by atoms with Gasteiger partial charge in [-0.25, -0.2) is 0 Å². The van der Waals surface area contributed by atoms with E-state index in [0.717, 1.165) is 6.54 Å². The van der Waals surface area contributed by atoms with Crippen molar-refractivity contribution >= 4 is 17.0 Å². The van der Waals surface area contributed by atoms with Crippen LogP contribution in [0.3, 0.4) is 0 Å². The number of thiophene rings is 1. The Kier molecular flexibility index (Phi) is 4.39. The zero-order chi connectivity index (χ0) is 13.0. The third-order valence-electron chi connectivity index (χ3n) is 2.88. The molecule has 0 saturated heterocycles. The molecule has 2 rings (SSSR count). The molecule has 3 heteroatoms. The number of anilines is 1. The fraction of sp³-hybridized carbons (Fsp3) is 0.333. The first-order chi connectivity index (χ1) is 8.65. The first-order valence-electron chi connectivity index (χ1n) is 6.17. The van der Waals surface area contributed by atoms with Crippen molar-refractivity contribution in [3.8, 4) is 0 Å². The van der Waals surface area contributed by atoms with Gasteiger partial charge in [-0.15, -0.1) is 0 Å². The highest BCUT2D eigenvalue weighted by molar-refractivity contribution is 7.07. The van der Waals surface area contributed by atoms with Crippen molar-refractivity contribution in [2.24, 2.45) is 0 Å². The largest absolute Gasteiger partial charge is 0.378 e. The summed E-state index contributed by atoms with van der Waals surface area (Å²) in [7, 11) is 4.18. The Morgan fingerprint density at radius 3 is 2.44 bits per heavy atom. The van der Waals surface area contributed by atoms with Crippen molar-refractivity contribution in [2.45, 2.75) is 19.5 Å². The lowest BCUT2D eigenvalue weighted by molar-refractivity contribution is 0.402. The summed E-state index contributed by atoms with van der Waals surface area (Å²) in [5, 5.41) is 7.83. The van der Waals surface area contributed by atoms with Gasteiger partial charge < -0.3 is 10.2 Å². The Morgan fingerprint density at radius 2 is 1.89 bits per heavy atom. The predicted octanol–water partition coefficient (Wildman–Crippen LogP) is 3.98. The minimum atomic E-state index is 0.357. The summed E-state index contributed by atoms with van der Waals surface area (Å²) in [5.74, 6) is 0. The lowest BCUT2D eigenvalue weighted by atomic mass is 10.1. The van der Waals surface area contributed by atoms with E-state index in [9.17, 15) is 0 Å². The zero-order valence-corrected chi connectivity index (χ0v) is 12.0. The second-order valence-corrected chi connectivity index (χ2v) is 5.64. The van der Waals surface area contributed by atoms with Crippen LogP contribution in [0.25, 0.3) is 0 Å². The van der Waals surface area contributed by atoms with E-state index in [4.69, 9.17) is 0 Å². The number of nitrogens with one attached hydrogen (secondary N) is 1. The van der Waals surface area contributed by atoms with E-state index in [1.807, 2.05) is 0 Å². The Labute approximate surface area is 113 Å². The number of rotatable bonds is 5. The fourth-order valence-electron chi connectivity index (χ4n) is 1.93. The number of nitrogens with zero attached hydrogens (tertiary/aromatic N) is 1. The van der Waals surface area contributed by atoms with Crippen LogP contribution in [0.1, 0.15) is 24.1 Å². The predicted molar refractivity (Wildman–Crippen MR) is 80.2 cm³/mol. The van der Waals surface area contributed by atoms with Crippen LogP contribution in [0.15, 0.2) is 41.1 Å². The molecule has 1 heterocycles. The number of hydrogen-bond acceptors (Lipinski definition) is 3. The normalized spacial score (nSPS) is 12.7. The molecule has 0 fully saturated rings. The number of benzene rings is 1. The van der Waals surface area contributed by atoms with Crippen LogP contribution in [0.2, 0.25) is 0 Å². The van der Waals surface area contributed by atoms with Gasteiger partial charge in [-0.05, 0) is 61.1 Å². The first kappa shape index (κ1) is 13.1. The van der Waals surface area contributed by atoms with Gasteiger partial charge >= 0.3 is 0 Å². The molecule has 0 aliphatic carbocycles. The van der Waals surface area contributed by atoms with Gasteiger partial charge in [-0.2, -0.15) is 11.3 Å². The minimum Gasteiger partial charge on any atom is -0.378 e. The molecule has 1 unspecified atom stereocenters. The van der Waals surface area contributed by atoms with Crippen LogP contribution in [0.5, 0.6) is 0 Å².